The van der Waals surface area contributed by atoms with Crippen molar-refractivity contribution in [3.05, 3.63) is 58.6 Å². The van der Waals surface area contributed by atoms with Crippen molar-refractivity contribution in [3.63, 3.8) is 0 Å². The Bertz CT molecular complexity index is 879. The van der Waals surface area contributed by atoms with Crippen molar-refractivity contribution in [2.75, 3.05) is 11.1 Å². The normalized spacial score (nSPS) is 10.8. The molecule has 0 unspecified atom stereocenters. The van der Waals surface area contributed by atoms with Gasteiger partial charge < -0.3 is 5.32 Å². The van der Waals surface area contributed by atoms with Crippen LogP contribution < -0.4 is 5.32 Å². The van der Waals surface area contributed by atoms with Crippen LogP contribution in [0.4, 0.5) is 5.69 Å². The Balaban J connectivity index is 1.68. The first-order chi connectivity index (χ1) is 12.1. The van der Waals surface area contributed by atoms with Gasteiger partial charge in [-0.25, -0.2) is 4.68 Å². The maximum Gasteiger partial charge on any atom is 0.234 e. The number of rotatable bonds is 6. The fraction of sp³-hybridized carbons (Fsp3) is 0.188. The van der Waals surface area contributed by atoms with Gasteiger partial charge >= 0.3 is 0 Å². The summed E-state index contributed by atoms with van der Waals surface area (Å²) in [6.45, 7) is 2.01. The zero-order valence-corrected chi connectivity index (χ0v) is 15.6. The van der Waals surface area contributed by atoms with Crippen LogP contribution in [0.2, 0.25) is 10.0 Å². The van der Waals surface area contributed by atoms with E-state index in [0.29, 0.717) is 20.9 Å². The first-order valence-electron chi connectivity index (χ1n) is 7.54. The number of thioether (sulfide) groups is 1. The van der Waals surface area contributed by atoms with E-state index in [2.05, 4.69) is 15.5 Å². The molecule has 0 aliphatic carbocycles. The van der Waals surface area contributed by atoms with Crippen molar-refractivity contribution in [2.45, 2.75) is 18.5 Å². The summed E-state index contributed by atoms with van der Waals surface area (Å²) in [7, 11) is 0. The molecule has 0 atom stereocenters. The molecule has 1 N–H and O–H groups in total. The van der Waals surface area contributed by atoms with Crippen LogP contribution in [0, 0.1) is 0 Å². The van der Waals surface area contributed by atoms with Crippen LogP contribution in [0.5, 0.6) is 0 Å². The molecule has 130 valence electrons. The van der Waals surface area contributed by atoms with Gasteiger partial charge in [-0.05, 0) is 30.3 Å². The second kappa shape index (κ2) is 7.95. The molecule has 3 aromatic rings. The molecule has 0 aliphatic rings. The lowest BCUT2D eigenvalue weighted by Gasteiger charge is -2.10. The Morgan fingerprint density at radius 3 is 2.64 bits per heavy atom. The van der Waals surface area contributed by atoms with Gasteiger partial charge in [-0.1, -0.05) is 41.9 Å². The van der Waals surface area contributed by atoms with Crippen LogP contribution >= 0.6 is 35.0 Å². The van der Waals surface area contributed by atoms with E-state index < -0.39 is 0 Å². The fourth-order valence-electron chi connectivity index (χ4n) is 2.20. The number of aryl methyl sites for hydroxylation is 1. The summed E-state index contributed by atoms with van der Waals surface area (Å²) in [4.78, 5) is 12.2. The molecule has 9 heteroatoms. The van der Waals surface area contributed by atoms with E-state index in [-0.39, 0.29) is 11.7 Å². The monoisotopic (exact) mass is 395 g/mol. The highest BCUT2D eigenvalue weighted by Gasteiger charge is 2.14. The molecule has 0 saturated heterocycles. The molecule has 2 aromatic heterocycles. The topological polar surface area (TPSA) is 64.7 Å². The molecule has 6 nitrogen and oxygen atoms in total. The Hall–Kier alpha value is -1.96. The van der Waals surface area contributed by atoms with E-state index in [0.717, 1.165) is 12.2 Å². The molecule has 0 radical (unpaired) electrons. The fourth-order valence-corrected chi connectivity index (χ4v) is 3.25. The Kier molecular flexibility index (Phi) is 5.67. The minimum atomic E-state index is -0.163. The van der Waals surface area contributed by atoms with Gasteiger partial charge in [0, 0.05) is 24.5 Å². The van der Waals surface area contributed by atoms with Crippen LogP contribution in [0.15, 0.2) is 47.9 Å². The summed E-state index contributed by atoms with van der Waals surface area (Å²) in [6, 6.07) is 8.80. The Morgan fingerprint density at radius 1 is 1.20 bits per heavy atom. The van der Waals surface area contributed by atoms with Crippen molar-refractivity contribution in [1.82, 2.24) is 19.5 Å². The molecular weight excluding hydrogens is 381 g/mol. The number of hydrogen-bond acceptors (Lipinski definition) is 4. The number of benzene rings is 1. The zero-order valence-electron chi connectivity index (χ0n) is 13.3. The summed E-state index contributed by atoms with van der Waals surface area (Å²) in [5, 5.41) is 12.6. The summed E-state index contributed by atoms with van der Waals surface area (Å²) in [5.41, 5.74) is 0.598. The second-order valence-electron chi connectivity index (χ2n) is 5.09. The lowest BCUT2D eigenvalue weighted by molar-refractivity contribution is -0.113. The van der Waals surface area contributed by atoms with Gasteiger partial charge in [0.05, 0.1) is 15.8 Å². The standard InChI is InChI=1S/C16H15Cl2N5OS/c1-2-14-20-21-16(23(14)22-7-3-4-8-22)25-10-15(24)19-11-5-6-12(17)13(18)9-11/h3-9H,2,10H2,1H3,(H,19,24). The number of amides is 1. The highest BCUT2D eigenvalue weighted by atomic mass is 35.5. The van der Waals surface area contributed by atoms with E-state index >= 15 is 0 Å². The van der Waals surface area contributed by atoms with Crippen LogP contribution in [0.1, 0.15) is 12.7 Å². The van der Waals surface area contributed by atoms with Crippen LogP contribution in [0.25, 0.3) is 0 Å². The van der Waals surface area contributed by atoms with Gasteiger partial charge in [-0.3, -0.25) is 9.47 Å². The maximum absolute atomic E-state index is 12.2. The molecule has 0 fully saturated rings. The quantitative estimate of drug-likeness (QED) is 0.640. The van der Waals surface area contributed by atoms with Gasteiger partial charge in [0.1, 0.15) is 0 Å². The number of hydrogen-bond donors (Lipinski definition) is 1. The van der Waals surface area contributed by atoms with Crippen molar-refractivity contribution < 1.29 is 4.79 Å². The van der Waals surface area contributed by atoms with E-state index in [1.54, 1.807) is 18.2 Å². The van der Waals surface area contributed by atoms with Gasteiger partial charge in [0.2, 0.25) is 11.1 Å². The Labute approximate surface area is 159 Å². The number of aromatic nitrogens is 4. The number of carbonyl (C=O) groups excluding carboxylic acids is 1. The molecule has 0 aliphatic heterocycles. The lowest BCUT2D eigenvalue weighted by atomic mass is 10.3. The Morgan fingerprint density at radius 2 is 1.96 bits per heavy atom. The largest absolute Gasteiger partial charge is 0.325 e. The molecule has 2 heterocycles. The molecule has 25 heavy (non-hydrogen) atoms. The molecule has 1 aromatic carbocycles. The van der Waals surface area contributed by atoms with E-state index in [4.69, 9.17) is 23.2 Å². The number of carbonyl (C=O) groups is 1. The molecular formula is C16H15Cl2N5OS. The zero-order chi connectivity index (χ0) is 17.8. The van der Waals surface area contributed by atoms with Crippen molar-refractivity contribution in [2.24, 2.45) is 0 Å². The highest BCUT2D eigenvalue weighted by Crippen LogP contribution is 2.25. The van der Waals surface area contributed by atoms with E-state index in [1.165, 1.54) is 11.8 Å². The number of anilines is 1. The summed E-state index contributed by atoms with van der Waals surface area (Å²) in [6.07, 6.45) is 4.55. The lowest BCUT2D eigenvalue weighted by Crippen LogP contribution is -2.16. The predicted octanol–water partition coefficient (Wildman–Crippen LogP) is 3.99. The number of halogens is 2. The summed E-state index contributed by atoms with van der Waals surface area (Å²) < 4.78 is 3.77. The molecule has 0 bridgehead atoms. The van der Waals surface area contributed by atoms with Gasteiger partial charge in [0.25, 0.3) is 0 Å². The third-order valence-electron chi connectivity index (χ3n) is 3.35. The summed E-state index contributed by atoms with van der Waals surface area (Å²) in [5.74, 6) is 0.857. The molecule has 3 rings (SSSR count). The van der Waals surface area contributed by atoms with Crippen LogP contribution in [0.3, 0.4) is 0 Å². The van der Waals surface area contributed by atoms with Crippen molar-refractivity contribution in [3.8, 4) is 0 Å². The maximum atomic E-state index is 12.2. The second-order valence-corrected chi connectivity index (χ2v) is 6.85. The number of nitrogens with zero attached hydrogens (tertiary/aromatic N) is 4. The minimum absolute atomic E-state index is 0.163. The van der Waals surface area contributed by atoms with E-state index in [9.17, 15) is 4.79 Å². The predicted molar refractivity (Wildman–Crippen MR) is 100 cm³/mol. The highest BCUT2D eigenvalue weighted by molar-refractivity contribution is 7.99. The first-order valence-corrected chi connectivity index (χ1v) is 9.28. The molecule has 0 spiro atoms. The van der Waals surface area contributed by atoms with Crippen LogP contribution in [-0.4, -0.2) is 31.2 Å². The van der Waals surface area contributed by atoms with Gasteiger partial charge in [0.15, 0.2) is 5.82 Å². The summed E-state index contributed by atoms with van der Waals surface area (Å²) >= 11 is 13.1. The SMILES string of the molecule is CCc1nnc(SCC(=O)Nc2ccc(Cl)c(Cl)c2)n1-n1cccc1. The third kappa shape index (κ3) is 4.18. The van der Waals surface area contributed by atoms with Gasteiger partial charge in [-0.15, -0.1) is 10.2 Å². The van der Waals surface area contributed by atoms with Crippen molar-refractivity contribution >= 4 is 46.6 Å². The van der Waals surface area contributed by atoms with Gasteiger partial charge in [-0.2, -0.15) is 0 Å². The molecule has 0 saturated carbocycles. The average molecular weight is 396 g/mol. The first kappa shape index (κ1) is 17.8. The van der Waals surface area contributed by atoms with E-state index in [1.807, 2.05) is 40.8 Å². The number of nitrogens with one attached hydrogen (secondary N) is 1. The molecule has 1 amide bonds. The van der Waals surface area contributed by atoms with Crippen molar-refractivity contribution in [1.29, 1.82) is 0 Å². The third-order valence-corrected chi connectivity index (χ3v) is 5.01. The minimum Gasteiger partial charge on any atom is -0.325 e. The van der Waals surface area contributed by atoms with Crippen LogP contribution in [-0.2, 0) is 11.2 Å². The average Bonchev–Trinajstić information content (AvgIpc) is 3.24. The smallest absolute Gasteiger partial charge is 0.234 e.